The van der Waals surface area contributed by atoms with E-state index in [2.05, 4.69) is 30.5 Å². The standard InChI is InChI=1S/C14H9F3N8/c1-24-22-12(21-23-24)9-4-2-3-8(5-9)10-6-18-13-20-11(14(15,16)17)7-19-25(10)13/h2-7H,1H3. The molecule has 0 bridgehead atoms. The zero-order chi connectivity index (χ0) is 17.6. The minimum Gasteiger partial charge on any atom is -0.217 e. The number of rotatable bonds is 2. The molecule has 0 radical (unpaired) electrons. The summed E-state index contributed by atoms with van der Waals surface area (Å²) in [6.07, 6.45) is -2.48. The van der Waals surface area contributed by atoms with Crippen molar-refractivity contribution in [2.75, 3.05) is 0 Å². The molecule has 1 aromatic carbocycles. The minimum absolute atomic E-state index is 0.132. The number of aromatic nitrogens is 8. The van der Waals surface area contributed by atoms with Gasteiger partial charge in [0.2, 0.25) is 5.82 Å². The van der Waals surface area contributed by atoms with Crippen molar-refractivity contribution in [3.63, 3.8) is 0 Å². The Kier molecular flexibility index (Phi) is 3.23. The van der Waals surface area contributed by atoms with Crippen LogP contribution < -0.4 is 0 Å². The van der Waals surface area contributed by atoms with Crippen LogP contribution in [0.25, 0.3) is 28.4 Å². The number of alkyl halides is 3. The van der Waals surface area contributed by atoms with E-state index in [1.165, 1.54) is 15.5 Å². The SMILES string of the molecule is Cn1nnc(-c2cccc(-c3cnc4nc(C(F)(F)F)cnn34)c2)n1. The highest BCUT2D eigenvalue weighted by Gasteiger charge is 2.33. The largest absolute Gasteiger partial charge is 0.435 e. The van der Waals surface area contributed by atoms with Crippen LogP contribution in [-0.4, -0.2) is 39.8 Å². The first-order chi connectivity index (χ1) is 11.9. The lowest BCUT2D eigenvalue weighted by Gasteiger charge is -2.06. The van der Waals surface area contributed by atoms with E-state index in [9.17, 15) is 13.2 Å². The van der Waals surface area contributed by atoms with E-state index in [1.807, 2.05) is 0 Å². The third-order valence-corrected chi connectivity index (χ3v) is 3.45. The number of halogens is 3. The molecule has 8 nitrogen and oxygen atoms in total. The Bertz CT molecular complexity index is 1070. The van der Waals surface area contributed by atoms with Crippen molar-refractivity contribution >= 4 is 5.78 Å². The summed E-state index contributed by atoms with van der Waals surface area (Å²) in [5.74, 6) is 0.302. The molecule has 0 spiro atoms. The summed E-state index contributed by atoms with van der Waals surface area (Å²) < 4.78 is 39.4. The summed E-state index contributed by atoms with van der Waals surface area (Å²) >= 11 is 0. The van der Waals surface area contributed by atoms with Crippen molar-refractivity contribution in [2.24, 2.45) is 7.05 Å². The van der Waals surface area contributed by atoms with Gasteiger partial charge in [-0.2, -0.15) is 27.6 Å². The van der Waals surface area contributed by atoms with Crippen LogP contribution in [0.3, 0.4) is 0 Å². The van der Waals surface area contributed by atoms with E-state index in [-0.39, 0.29) is 5.78 Å². The molecule has 0 N–H and O–H groups in total. The lowest BCUT2D eigenvalue weighted by molar-refractivity contribution is -0.141. The molecule has 0 aliphatic rings. The fraction of sp³-hybridized carbons (Fsp3) is 0.143. The maximum Gasteiger partial charge on any atom is 0.435 e. The molecule has 4 aromatic rings. The fourth-order valence-corrected chi connectivity index (χ4v) is 2.33. The first-order valence-electron chi connectivity index (χ1n) is 7.04. The number of aryl methyl sites for hydroxylation is 1. The van der Waals surface area contributed by atoms with Crippen molar-refractivity contribution in [2.45, 2.75) is 6.18 Å². The number of imidazole rings is 1. The van der Waals surface area contributed by atoms with E-state index in [1.54, 1.807) is 31.3 Å². The zero-order valence-corrected chi connectivity index (χ0v) is 12.7. The Morgan fingerprint density at radius 2 is 1.88 bits per heavy atom. The first-order valence-corrected chi connectivity index (χ1v) is 7.04. The number of fused-ring (bicyclic) bond motifs is 1. The summed E-state index contributed by atoms with van der Waals surface area (Å²) in [7, 11) is 1.65. The quantitative estimate of drug-likeness (QED) is 0.552. The molecule has 4 rings (SSSR count). The van der Waals surface area contributed by atoms with E-state index in [0.29, 0.717) is 28.8 Å². The molecule has 0 saturated heterocycles. The third-order valence-electron chi connectivity index (χ3n) is 3.45. The maximum absolute atomic E-state index is 12.7. The van der Waals surface area contributed by atoms with Gasteiger partial charge in [0.1, 0.15) is 0 Å². The Morgan fingerprint density at radius 1 is 1.08 bits per heavy atom. The van der Waals surface area contributed by atoms with Crippen molar-refractivity contribution in [3.8, 4) is 22.6 Å². The molecule has 0 aliphatic heterocycles. The summed E-state index contributed by atoms with van der Waals surface area (Å²) in [6.45, 7) is 0. The van der Waals surface area contributed by atoms with Gasteiger partial charge < -0.3 is 0 Å². The van der Waals surface area contributed by atoms with Crippen LogP contribution in [0.2, 0.25) is 0 Å². The average molecular weight is 346 g/mol. The highest BCUT2D eigenvalue weighted by atomic mass is 19.4. The Balaban J connectivity index is 1.80. The van der Waals surface area contributed by atoms with Crippen molar-refractivity contribution in [1.29, 1.82) is 0 Å². The molecule has 3 heterocycles. The number of hydrogen-bond donors (Lipinski definition) is 0. The second-order valence-corrected chi connectivity index (χ2v) is 5.18. The van der Waals surface area contributed by atoms with Gasteiger partial charge in [-0.3, -0.25) is 0 Å². The van der Waals surface area contributed by atoms with Crippen molar-refractivity contribution in [1.82, 2.24) is 39.8 Å². The molecule has 0 saturated carbocycles. The van der Waals surface area contributed by atoms with E-state index < -0.39 is 11.9 Å². The Hall–Kier alpha value is -3.37. The monoisotopic (exact) mass is 346 g/mol. The molecule has 0 aliphatic carbocycles. The van der Waals surface area contributed by atoms with Crippen LogP contribution in [0.4, 0.5) is 13.2 Å². The number of hydrogen-bond acceptors (Lipinski definition) is 6. The second kappa shape index (κ2) is 5.33. The van der Waals surface area contributed by atoms with Crippen molar-refractivity contribution < 1.29 is 13.2 Å². The highest BCUT2D eigenvalue weighted by Crippen LogP contribution is 2.28. The molecule has 0 amide bonds. The summed E-state index contributed by atoms with van der Waals surface area (Å²) in [6, 6.07) is 7.14. The summed E-state index contributed by atoms with van der Waals surface area (Å²) in [5.41, 5.74) is 0.809. The van der Waals surface area contributed by atoms with E-state index in [0.717, 1.165) is 0 Å². The number of tetrazole rings is 1. The Labute approximate surface area is 138 Å². The van der Waals surface area contributed by atoms with Gasteiger partial charge in [-0.05, 0) is 11.3 Å². The molecule has 126 valence electrons. The lowest BCUT2D eigenvalue weighted by Crippen LogP contribution is -2.11. The van der Waals surface area contributed by atoms with E-state index >= 15 is 0 Å². The molecule has 0 unspecified atom stereocenters. The number of nitrogens with zero attached hydrogens (tertiary/aromatic N) is 8. The predicted octanol–water partition coefficient (Wildman–Crippen LogP) is 2.00. The molecular weight excluding hydrogens is 337 g/mol. The normalized spacial score (nSPS) is 12.0. The van der Waals surface area contributed by atoms with Crippen LogP contribution in [0.15, 0.2) is 36.7 Å². The summed E-state index contributed by atoms with van der Waals surface area (Å²) in [5, 5.41) is 15.7. The van der Waals surface area contributed by atoms with E-state index in [4.69, 9.17) is 0 Å². The molecule has 0 fully saturated rings. The minimum atomic E-state index is -4.57. The van der Waals surface area contributed by atoms with Crippen LogP contribution in [0.5, 0.6) is 0 Å². The molecule has 25 heavy (non-hydrogen) atoms. The van der Waals surface area contributed by atoms with Gasteiger partial charge in [0, 0.05) is 11.1 Å². The van der Waals surface area contributed by atoms with Gasteiger partial charge in [0.05, 0.1) is 25.1 Å². The third kappa shape index (κ3) is 2.69. The maximum atomic E-state index is 12.7. The van der Waals surface area contributed by atoms with Crippen LogP contribution in [0, 0.1) is 0 Å². The van der Waals surface area contributed by atoms with Gasteiger partial charge in [-0.25, -0.2) is 9.97 Å². The van der Waals surface area contributed by atoms with Crippen LogP contribution >= 0.6 is 0 Å². The summed E-state index contributed by atoms with van der Waals surface area (Å²) in [4.78, 5) is 8.75. The Morgan fingerprint density at radius 3 is 2.60 bits per heavy atom. The van der Waals surface area contributed by atoms with Crippen LogP contribution in [-0.2, 0) is 13.2 Å². The molecule has 11 heteroatoms. The number of benzene rings is 1. The lowest BCUT2D eigenvalue weighted by atomic mass is 10.1. The van der Waals surface area contributed by atoms with Crippen LogP contribution in [0.1, 0.15) is 5.69 Å². The molecule has 0 atom stereocenters. The van der Waals surface area contributed by atoms with Gasteiger partial charge in [-0.1, -0.05) is 18.2 Å². The second-order valence-electron chi connectivity index (χ2n) is 5.18. The van der Waals surface area contributed by atoms with Gasteiger partial charge in [0.25, 0.3) is 5.78 Å². The van der Waals surface area contributed by atoms with Crippen molar-refractivity contribution in [3.05, 3.63) is 42.4 Å². The van der Waals surface area contributed by atoms with Gasteiger partial charge >= 0.3 is 6.18 Å². The van der Waals surface area contributed by atoms with Gasteiger partial charge in [-0.15, -0.1) is 10.2 Å². The topological polar surface area (TPSA) is 86.7 Å². The average Bonchev–Trinajstić information content (AvgIpc) is 3.20. The predicted molar refractivity (Wildman–Crippen MR) is 79.0 cm³/mol. The molecule has 3 aromatic heterocycles. The molecular formula is C14H9F3N8. The highest BCUT2D eigenvalue weighted by molar-refractivity contribution is 5.68. The first kappa shape index (κ1) is 15.2. The fourth-order valence-electron chi connectivity index (χ4n) is 2.33. The van der Waals surface area contributed by atoms with Gasteiger partial charge in [0.15, 0.2) is 5.69 Å². The zero-order valence-electron chi connectivity index (χ0n) is 12.7. The smallest absolute Gasteiger partial charge is 0.217 e.